The summed E-state index contributed by atoms with van der Waals surface area (Å²) in [7, 11) is 0. The fourth-order valence-electron chi connectivity index (χ4n) is 1.94. The lowest BCUT2D eigenvalue weighted by molar-refractivity contribution is -0.114. The van der Waals surface area contributed by atoms with Gasteiger partial charge in [-0.3, -0.25) is 9.59 Å². The predicted molar refractivity (Wildman–Crippen MR) is 88.3 cm³/mol. The van der Waals surface area contributed by atoms with Crippen molar-refractivity contribution in [3.05, 3.63) is 58.6 Å². The molecular formula is C16H16ClN3O2. The van der Waals surface area contributed by atoms with Gasteiger partial charge < -0.3 is 16.4 Å². The lowest BCUT2D eigenvalue weighted by atomic mass is 10.1. The monoisotopic (exact) mass is 317 g/mol. The summed E-state index contributed by atoms with van der Waals surface area (Å²) in [6.07, 6.45) is 0. The number of primary amides is 1. The van der Waals surface area contributed by atoms with E-state index in [4.69, 9.17) is 17.3 Å². The van der Waals surface area contributed by atoms with Gasteiger partial charge in [-0.15, -0.1) is 0 Å². The van der Waals surface area contributed by atoms with Crippen LogP contribution in [0.15, 0.2) is 42.5 Å². The van der Waals surface area contributed by atoms with Gasteiger partial charge in [-0.05, 0) is 36.8 Å². The molecule has 2 amide bonds. The van der Waals surface area contributed by atoms with Gasteiger partial charge in [-0.25, -0.2) is 0 Å². The zero-order chi connectivity index (χ0) is 16.1. The molecule has 5 nitrogen and oxygen atoms in total. The molecule has 4 N–H and O–H groups in total. The minimum absolute atomic E-state index is 0.00546. The Morgan fingerprint density at radius 2 is 1.86 bits per heavy atom. The third kappa shape index (κ3) is 3.99. The molecule has 6 heteroatoms. The zero-order valence-electron chi connectivity index (χ0n) is 12.0. The van der Waals surface area contributed by atoms with Gasteiger partial charge in [0.15, 0.2) is 0 Å². The van der Waals surface area contributed by atoms with E-state index in [1.165, 1.54) is 0 Å². The van der Waals surface area contributed by atoms with E-state index in [0.717, 1.165) is 5.56 Å². The van der Waals surface area contributed by atoms with Crippen molar-refractivity contribution < 1.29 is 9.59 Å². The fraction of sp³-hybridized carbons (Fsp3) is 0.125. The van der Waals surface area contributed by atoms with Crippen LogP contribution in [0.5, 0.6) is 0 Å². The summed E-state index contributed by atoms with van der Waals surface area (Å²) < 4.78 is 0. The highest BCUT2D eigenvalue weighted by Gasteiger charge is 2.09. The van der Waals surface area contributed by atoms with Gasteiger partial charge in [-0.2, -0.15) is 0 Å². The molecule has 0 spiro atoms. The smallest absolute Gasteiger partial charge is 0.250 e. The van der Waals surface area contributed by atoms with Crippen molar-refractivity contribution in [3.63, 3.8) is 0 Å². The first-order valence-electron chi connectivity index (χ1n) is 6.66. The van der Waals surface area contributed by atoms with Gasteiger partial charge >= 0.3 is 0 Å². The number of halogens is 1. The summed E-state index contributed by atoms with van der Waals surface area (Å²) in [4.78, 5) is 23.3. The Hall–Kier alpha value is -2.53. The van der Waals surface area contributed by atoms with Crippen molar-refractivity contribution in [3.8, 4) is 0 Å². The number of anilines is 2. The van der Waals surface area contributed by atoms with E-state index < -0.39 is 5.91 Å². The Bertz CT molecular complexity index is 716. The number of nitrogens with two attached hydrogens (primary N) is 1. The Kier molecular flexibility index (Phi) is 5.01. The molecule has 0 saturated heterocycles. The highest BCUT2D eigenvalue weighted by Crippen LogP contribution is 2.22. The molecule has 0 fully saturated rings. The topological polar surface area (TPSA) is 84.2 Å². The summed E-state index contributed by atoms with van der Waals surface area (Å²) in [5.74, 6) is -0.824. The van der Waals surface area contributed by atoms with Crippen LogP contribution in [-0.4, -0.2) is 18.4 Å². The van der Waals surface area contributed by atoms with Crippen LogP contribution in [0.3, 0.4) is 0 Å². The summed E-state index contributed by atoms with van der Waals surface area (Å²) in [6, 6.07) is 12.1. The second-order valence-corrected chi connectivity index (χ2v) is 5.20. The molecule has 2 aromatic carbocycles. The van der Waals surface area contributed by atoms with E-state index in [2.05, 4.69) is 10.6 Å². The first kappa shape index (κ1) is 15.9. The van der Waals surface area contributed by atoms with E-state index >= 15 is 0 Å². The number of aryl methyl sites for hydroxylation is 1. The maximum absolute atomic E-state index is 12.0. The molecule has 2 aromatic rings. The van der Waals surface area contributed by atoms with Gasteiger partial charge in [0.1, 0.15) is 0 Å². The SMILES string of the molecule is Cc1ccc(NC(=O)CNc2ccccc2C(N)=O)c(Cl)c1. The molecule has 0 heterocycles. The number of hydrogen-bond donors (Lipinski definition) is 3. The molecule has 0 aliphatic carbocycles. The van der Waals surface area contributed by atoms with Crippen molar-refractivity contribution in [1.29, 1.82) is 0 Å². The summed E-state index contributed by atoms with van der Waals surface area (Å²) in [5.41, 5.74) is 7.69. The molecule has 0 bridgehead atoms. The van der Waals surface area contributed by atoms with Crippen LogP contribution < -0.4 is 16.4 Å². The third-order valence-corrected chi connectivity index (χ3v) is 3.34. The highest BCUT2D eigenvalue weighted by molar-refractivity contribution is 6.33. The van der Waals surface area contributed by atoms with Crippen LogP contribution in [0.25, 0.3) is 0 Å². The number of nitrogens with one attached hydrogen (secondary N) is 2. The Balaban J connectivity index is 2.00. The Labute approximate surface area is 133 Å². The molecule has 0 aromatic heterocycles. The molecule has 22 heavy (non-hydrogen) atoms. The largest absolute Gasteiger partial charge is 0.376 e. The van der Waals surface area contributed by atoms with E-state index in [0.29, 0.717) is 22.0 Å². The number of para-hydroxylation sites is 1. The number of carbonyl (C=O) groups excluding carboxylic acids is 2. The molecule has 0 aliphatic rings. The van der Waals surface area contributed by atoms with Crippen molar-refractivity contribution in [2.75, 3.05) is 17.2 Å². The van der Waals surface area contributed by atoms with E-state index in [9.17, 15) is 9.59 Å². The van der Waals surface area contributed by atoms with E-state index in [1.807, 2.05) is 13.0 Å². The second kappa shape index (κ2) is 6.95. The summed E-state index contributed by atoms with van der Waals surface area (Å²) in [6.45, 7) is 1.91. The molecule has 0 atom stereocenters. The molecule has 114 valence electrons. The van der Waals surface area contributed by atoms with E-state index in [-0.39, 0.29) is 12.5 Å². The van der Waals surface area contributed by atoms with Gasteiger partial charge in [0, 0.05) is 5.69 Å². The average molecular weight is 318 g/mol. The molecule has 2 rings (SSSR count). The maximum atomic E-state index is 12.0. The van der Waals surface area contributed by atoms with Crippen LogP contribution in [0.4, 0.5) is 11.4 Å². The van der Waals surface area contributed by atoms with E-state index in [1.54, 1.807) is 36.4 Å². The van der Waals surface area contributed by atoms with Crippen LogP contribution in [-0.2, 0) is 4.79 Å². The third-order valence-electron chi connectivity index (χ3n) is 3.03. The zero-order valence-corrected chi connectivity index (χ0v) is 12.8. The lowest BCUT2D eigenvalue weighted by Gasteiger charge is -2.11. The Morgan fingerprint density at radius 1 is 1.14 bits per heavy atom. The van der Waals surface area contributed by atoms with Gasteiger partial charge in [0.25, 0.3) is 5.91 Å². The minimum Gasteiger partial charge on any atom is -0.376 e. The van der Waals surface area contributed by atoms with Crippen LogP contribution in [0, 0.1) is 6.92 Å². The van der Waals surface area contributed by atoms with Crippen molar-refractivity contribution in [1.82, 2.24) is 0 Å². The molecule has 0 radical (unpaired) electrons. The standard InChI is InChI=1S/C16H16ClN3O2/c1-10-6-7-14(12(17)8-10)20-15(21)9-19-13-5-3-2-4-11(13)16(18)22/h2-8,19H,9H2,1H3,(H2,18,22)(H,20,21). The van der Waals surface area contributed by atoms with Crippen molar-refractivity contribution >= 4 is 34.8 Å². The minimum atomic E-state index is -0.551. The van der Waals surface area contributed by atoms with Crippen LogP contribution in [0.2, 0.25) is 5.02 Å². The number of amides is 2. The maximum Gasteiger partial charge on any atom is 0.250 e. The van der Waals surface area contributed by atoms with Gasteiger partial charge in [-0.1, -0.05) is 29.8 Å². The first-order chi connectivity index (χ1) is 10.5. The predicted octanol–water partition coefficient (Wildman–Crippen LogP) is 2.80. The normalized spacial score (nSPS) is 10.1. The average Bonchev–Trinajstić information content (AvgIpc) is 2.48. The van der Waals surface area contributed by atoms with Crippen LogP contribution in [0.1, 0.15) is 15.9 Å². The van der Waals surface area contributed by atoms with Gasteiger partial charge in [0.05, 0.1) is 22.8 Å². The molecular weight excluding hydrogens is 302 g/mol. The van der Waals surface area contributed by atoms with Crippen LogP contribution >= 0.6 is 11.6 Å². The van der Waals surface area contributed by atoms with Gasteiger partial charge in [0.2, 0.25) is 5.91 Å². The van der Waals surface area contributed by atoms with Crippen molar-refractivity contribution in [2.45, 2.75) is 6.92 Å². The number of benzene rings is 2. The number of rotatable bonds is 5. The summed E-state index contributed by atoms with van der Waals surface area (Å²) >= 11 is 6.06. The highest BCUT2D eigenvalue weighted by atomic mass is 35.5. The first-order valence-corrected chi connectivity index (χ1v) is 7.04. The Morgan fingerprint density at radius 3 is 2.55 bits per heavy atom. The number of hydrogen-bond acceptors (Lipinski definition) is 3. The lowest BCUT2D eigenvalue weighted by Crippen LogP contribution is -2.23. The number of carbonyl (C=O) groups is 2. The quantitative estimate of drug-likeness (QED) is 0.792. The summed E-state index contributed by atoms with van der Waals surface area (Å²) in [5, 5.41) is 6.07. The molecule has 0 unspecified atom stereocenters. The van der Waals surface area contributed by atoms with Crippen molar-refractivity contribution in [2.24, 2.45) is 5.73 Å². The molecule has 0 aliphatic heterocycles. The molecule has 0 saturated carbocycles. The fourth-order valence-corrected chi connectivity index (χ4v) is 2.23. The second-order valence-electron chi connectivity index (χ2n) is 4.79.